The first-order chi connectivity index (χ1) is 8.69. The van der Waals surface area contributed by atoms with Gasteiger partial charge in [-0.15, -0.1) is 11.6 Å². The van der Waals surface area contributed by atoms with Crippen LogP contribution in [0.15, 0.2) is 41.0 Å². The third-order valence-corrected chi connectivity index (χ3v) is 3.46. The average Bonchev–Trinajstić information content (AvgIpc) is 2.38. The number of pyridine rings is 1. The molecule has 0 N–H and O–H groups in total. The summed E-state index contributed by atoms with van der Waals surface area (Å²) in [5, 5.41) is 0.676. The molecular formula is C13H10BrCl2NO. The molecule has 0 fully saturated rings. The Morgan fingerprint density at radius 2 is 2.06 bits per heavy atom. The van der Waals surface area contributed by atoms with E-state index >= 15 is 0 Å². The minimum atomic E-state index is 0.402. The van der Waals surface area contributed by atoms with Crippen molar-refractivity contribution >= 4 is 39.1 Å². The van der Waals surface area contributed by atoms with Crippen LogP contribution in [0.3, 0.4) is 0 Å². The van der Waals surface area contributed by atoms with Gasteiger partial charge in [-0.2, -0.15) is 0 Å². The summed E-state index contributed by atoms with van der Waals surface area (Å²) in [4.78, 5) is 4.15. The number of aromatic nitrogens is 1. The predicted octanol–water partition coefficient (Wildman–Crippen LogP) is 4.82. The maximum absolute atomic E-state index is 6.10. The largest absolute Gasteiger partial charge is 0.487 e. The van der Waals surface area contributed by atoms with Crippen molar-refractivity contribution in [3.05, 3.63) is 57.3 Å². The van der Waals surface area contributed by atoms with E-state index in [1.165, 1.54) is 0 Å². The monoisotopic (exact) mass is 345 g/mol. The number of alkyl halides is 1. The van der Waals surface area contributed by atoms with Crippen molar-refractivity contribution in [1.82, 2.24) is 4.98 Å². The predicted molar refractivity (Wildman–Crippen MR) is 77.3 cm³/mol. The molecule has 0 unspecified atom stereocenters. The Balaban J connectivity index is 2.02. The van der Waals surface area contributed by atoms with E-state index in [0.29, 0.717) is 23.3 Å². The van der Waals surface area contributed by atoms with Crippen LogP contribution < -0.4 is 4.74 Å². The molecular weight excluding hydrogens is 337 g/mol. The van der Waals surface area contributed by atoms with E-state index in [2.05, 4.69) is 20.9 Å². The fraction of sp³-hybridized carbons (Fsp3) is 0.154. The summed E-state index contributed by atoms with van der Waals surface area (Å²) in [6.07, 6.45) is 1.66. The molecule has 1 aromatic heterocycles. The highest BCUT2D eigenvalue weighted by atomic mass is 79.9. The van der Waals surface area contributed by atoms with Crippen LogP contribution in [0.1, 0.15) is 11.3 Å². The molecule has 0 radical (unpaired) electrons. The first-order valence-corrected chi connectivity index (χ1v) is 6.97. The highest BCUT2D eigenvalue weighted by Gasteiger charge is 2.02. The van der Waals surface area contributed by atoms with Crippen LogP contribution in [-0.2, 0) is 12.5 Å². The minimum absolute atomic E-state index is 0.402. The van der Waals surface area contributed by atoms with E-state index in [4.69, 9.17) is 27.9 Å². The van der Waals surface area contributed by atoms with Gasteiger partial charge in [-0.1, -0.05) is 33.6 Å². The highest BCUT2D eigenvalue weighted by Crippen LogP contribution is 2.22. The van der Waals surface area contributed by atoms with Gasteiger partial charge in [-0.3, -0.25) is 4.98 Å². The first kappa shape index (κ1) is 13.7. The lowest BCUT2D eigenvalue weighted by molar-refractivity contribution is 0.305. The quantitative estimate of drug-likeness (QED) is 0.741. The molecule has 2 nitrogen and oxygen atoms in total. The van der Waals surface area contributed by atoms with Crippen molar-refractivity contribution in [3.8, 4) is 5.75 Å². The lowest BCUT2D eigenvalue weighted by Crippen LogP contribution is -1.97. The van der Waals surface area contributed by atoms with Crippen LogP contribution in [0.4, 0.5) is 0 Å². The molecule has 2 rings (SSSR count). The lowest BCUT2D eigenvalue weighted by Gasteiger charge is -2.08. The molecule has 0 aliphatic rings. The average molecular weight is 347 g/mol. The number of rotatable bonds is 4. The van der Waals surface area contributed by atoms with Gasteiger partial charge in [0.15, 0.2) is 0 Å². The molecule has 0 bridgehead atoms. The summed E-state index contributed by atoms with van der Waals surface area (Å²) >= 11 is 15.1. The molecule has 0 saturated heterocycles. The van der Waals surface area contributed by atoms with Crippen LogP contribution in [-0.4, -0.2) is 4.98 Å². The zero-order chi connectivity index (χ0) is 13.0. The van der Waals surface area contributed by atoms with E-state index in [0.717, 1.165) is 15.7 Å². The minimum Gasteiger partial charge on any atom is -0.487 e. The van der Waals surface area contributed by atoms with E-state index < -0.39 is 0 Å². The molecule has 94 valence electrons. The molecule has 1 heterocycles. The number of nitrogens with zero attached hydrogens (tertiary/aromatic N) is 1. The zero-order valence-electron chi connectivity index (χ0n) is 9.37. The van der Waals surface area contributed by atoms with E-state index in [-0.39, 0.29) is 0 Å². The summed E-state index contributed by atoms with van der Waals surface area (Å²) in [6, 6.07) is 9.38. The fourth-order valence-electron chi connectivity index (χ4n) is 1.38. The van der Waals surface area contributed by atoms with Crippen molar-refractivity contribution in [2.45, 2.75) is 12.5 Å². The molecule has 0 atom stereocenters. The molecule has 0 saturated carbocycles. The summed E-state index contributed by atoms with van der Waals surface area (Å²) in [7, 11) is 0. The van der Waals surface area contributed by atoms with Crippen LogP contribution in [0.2, 0.25) is 5.02 Å². The summed E-state index contributed by atoms with van der Waals surface area (Å²) in [5.74, 6) is 1.10. The van der Waals surface area contributed by atoms with Gasteiger partial charge < -0.3 is 4.74 Å². The Morgan fingerprint density at radius 1 is 1.22 bits per heavy atom. The van der Waals surface area contributed by atoms with Crippen molar-refractivity contribution < 1.29 is 4.74 Å². The molecule has 5 heteroatoms. The fourth-order valence-corrected chi connectivity index (χ4v) is 2.26. The Kier molecular flexibility index (Phi) is 4.87. The third-order valence-electron chi connectivity index (χ3n) is 2.34. The second kappa shape index (κ2) is 6.41. The van der Waals surface area contributed by atoms with E-state index in [1.807, 2.05) is 30.3 Å². The first-order valence-electron chi connectivity index (χ1n) is 5.26. The van der Waals surface area contributed by atoms with Gasteiger partial charge >= 0.3 is 0 Å². The van der Waals surface area contributed by atoms with Gasteiger partial charge in [0.2, 0.25) is 0 Å². The van der Waals surface area contributed by atoms with Crippen molar-refractivity contribution in [1.29, 1.82) is 0 Å². The van der Waals surface area contributed by atoms with Gasteiger partial charge in [0.25, 0.3) is 0 Å². The van der Waals surface area contributed by atoms with Crippen LogP contribution >= 0.6 is 39.1 Å². The Labute approximate surface area is 124 Å². The molecule has 0 spiro atoms. The maximum Gasteiger partial charge on any atom is 0.138 e. The van der Waals surface area contributed by atoms with Crippen LogP contribution in [0.5, 0.6) is 5.75 Å². The second-order valence-electron chi connectivity index (χ2n) is 3.64. The standard InChI is InChI=1S/C13H10BrCl2NO/c14-10-2-1-9(13(16)5-10)8-18-12-4-3-11(6-15)17-7-12/h1-5,7H,6,8H2. The third kappa shape index (κ3) is 3.61. The van der Waals surface area contributed by atoms with Crippen molar-refractivity contribution in [3.63, 3.8) is 0 Å². The molecule has 0 aliphatic heterocycles. The Bertz CT molecular complexity index is 531. The van der Waals surface area contributed by atoms with E-state index in [1.54, 1.807) is 6.20 Å². The van der Waals surface area contributed by atoms with Crippen LogP contribution in [0.25, 0.3) is 0 Å². The zero-order valence-corrected chi connectivity index (χ0v) is 12.5. The van der Waals surface area contributed by atoms with Crippen molar-refractivity contribution in [2.24, 2.45) is 0 Å². The SMILES string of the molecule is ClCc1ccc(OCc2ccc(Br)cc2Cl)cn1. The molecule has 2 aromatic rings. The topological polar surface area (TPSA) is 22.1 Å². The Hall–Kier alpha value is -0.770. The number of benzene rings is 1. The highest BCUT2D eigenvalue weighted by molar-refractivity contribution is 9.10. The van der Waals surface area contributed by atoms with Gasteiger partial charge in [0, 0.05) is 15.1 Å². The smallest absolute Gasteiger partial charge is 0.138 e. The molecule has 1 aromatic carbocycles. The molecule has 0 amide bonds. The van der Waals surface area contributed by atoms with Gasteiger partial charge in [-0.25, -0.2) is 0 Å². The summed E-state index contributed by atoms with van der Waals surface area (Å²) < 4.78 is 6.56. The lowest BCUT2D eigenvalue weighted by atomic mass is 10.2. The normalized spacial score (nSPS) is 10.4. The second-order valence-corrected chi connectivity index (χ2v) is 5.23. The number of ether oxygens (including phenoxy) is 1. The van der Waals surface area contributed by atoms with Crippen molar-refractivity contribution in [2.75, 3.05) is 0 Å². The van der Waals surface area contributed by atoms with Crippen LogP contribution in [0, 0.1) is 0 Å². The number of hydrogen-bond acceptors (Lipinski definition) is 2. The number of halogens is 3. The van der Waals surface area contributed by atoms with Gasteiger partial charge in [0.05, 0.1) is 17.8 Å². The maximum atomic E-state index is 6.10. The molecule has 18 heavy (non-hydrogen) atoms. The molecule has 0 aliphatic carbocycles. The number of hydrogen-bond donors (Lipinski definition) is 0. The summed E-state index contributed by atoms with van der Waals surface area (Å²) in [6.45, 7) is 0.411. The Morgan fingerprint density at radius 3 is 2.67 bits per heavy atom. The van der Waals surface area contributed by atoms with Gasteiger partial charge in [-0.05, 0) is 24.3 Å². The summed E-state index contributed by atoms with van der Waals surface area (Å²) in [5.41, 5.74) is 1.76. The van der Waals surface area contributed by atoms with E-state index in [9.17, 15) is 0 Å². The van der Waals surface area contributed by atoms with Gasteiger partial charge in [0.1, 0.15) is 12.4 Å².